The molecule has 0 saturated carbocycles. The fourth-order valence-electron chi connectivity index (χ4n) is 2.13. The molecule has 2 heterocycles. The summed E-state index contributed by atoms with van der Waals surface area (Å²) in [6.07, 6.45) is 3.31. The molecule has 0 bridgehead atoms. The Balaban J connectivity index is 1.95. The first-order valence-corrected chi connectivity index (χ1v) is 8.91. The van der Waals surface area contributed by atoms with Crippen molar-refractivity contribution in [1.29, 1.82) is 0 Å². The summed E-state index contributed by atoms with van der Waals surface area (Å²) in [5.41, 5.74) is 1.50. The Morgan fingerprint density at radius 3 is 2.58 bits per heavy atom. The normalized spacial score (nSPS) is 12.6. The number of Topliss-reactive ketones (excluding diaryl/α,β-unsaturated/α-hetero) is 1. The van der Waals surface area contributed by atoms with Crippen molar-refractivity contribution < 1.29 is 9.53 Å². The van der Waals surface area contributed by atoms with Crippen LogP contribution in [0.2, 0.25) is 0 Å². The zero-order chi connectivity index (χ0) is 17.1. The molecule has 4 nitrogen and oxygen atoms in total. The highest BCUT2D eigenvalue weighted by Gasteiger charge is 2.04. The van der Waals surface area contributed by atoms with Gasteiger partial charge in [0.1, 0.15) is 5.75 Å². The summed E-state index contributed by atoms with van der Waals surface area (Å²) in [7, 11) is 1.58. The zero-order valence-corrected chi connectivity index (χ0v) is 14.8. The maximum Gasteiger partial charge on any atom is 0.266 e. The van der Waals surface area contributed by atoms with Crippen LogP contribution in [0.25, 0.3) is 12.2 Å². The second-order valence-corrected chi connectivity index (χ2v) is 7.17. The van der Waals surface area contributed by atoms with Gasteiger partial charge in [-0.2, -0.15) is 0 Å². The van der Waals surface area contributed by atoms with E-state index in [1.54, 1.807) is 42.7 Å². The zero-order valence-electron chi connectivity index (χ0n) is 13.2. The predicted molar refractivity (Wildman–Crippen MR) is 98.6 cm³/mol. The highest BCUT2D eigenvalue weighted by molar-refractivity contribution is 7.11. The van der Waals surface area contributed by atoms with Crippen molar-refractivity contribution in [3.63, 3.8) is 0 Å². The highest BCUT2D eigenvalue weighted by atomic mass is 32.1. The summed E-state index contributed by atoms with van der Waals surface area (Å²) < 4.78 is 6.21. The van der Waals surface area contributed by atoms with Gasteiger partial charge in [-0.15, -0.1) is 22.7 Å². The maximum absolute atomic E-state index is 12.3. The van der Waals surface area contributed by atoms with E-state index in [9.17, 15) is 9.59 Å². The molecule has 1 aromatic carbocycles. The molecule has 0 fully saturated rings. The second-order valence-electron chi connectivity index (χ2n) is 5.13. The number of H-pyrrole nitrogens is 1. The van der Waals surface area contributed by atoms with Gasteiger partial charge in [0.15, 0.2) is 5.78 Å². The van der Waals surface area contributed by atoms with Gasteiger partial charge in [-0.3, -0.25) is 9.59 Å². The van der Waals surface area contributed by atoms with Gasteiger partial charge >= 0.3 is 0 Å². The number of benzene rings is 1. The molecule has 3 rings (SSSR count). The molecule has 122 valence electrons. The third kappa shape index (κ3) is 3.55. The van der Waals surface area contributed by atoms with Crippen molar-refractivity contribution in [1.82, 2.24) is 4.98 Å². The number of methoxy groups -OCH3 is 1. The third-order valence-corrected chi connectivity index (χ3v) is 5.41. The first kappa shape index (κ1) is 16.4. The molecule has 0 aliphatic carbocycles. The molecule has 0 atom stereocenters. The lowest BCUT2D eigenvalue weighted by atomic mass is 10.1. The Kier molecular flexibility index (Phi) is 4.78. The molecule has 0 aliphatic heterocycles. The lowest BCUT2D eigenvalue weighted by Crippen LogP contribution is -2.19. The Morgan fingerprint density at radius 1 is 1.21 bits per heavy atom. The number of carbonyl (C=O) groups is 1. The van der Waals surface area contributed by atoms with Crippen molar-refractivity contribution >= 4 is 40.6 Å². The number of hydrogen-bond acceptors (Lipinski definition) is 5. The number of ketones is 1. The molecule has 0 amide bonds. The minimum atomic E-state index is -0.179. The average molecular weight is 357 g/mol. The number of carbonyl (C=O) groups excluding carboxylic acids is 1. The second kappa shape index (κ2) is 6.98. The summed E-state index contributed by atoms with van der Waals surface area (Å²) in [4.78, 5) is 28.1. The van der Waals surface area contributed by atoms with Gasteiger partial charge in [-0.1, -0.05) is 0 Å². The van der Waals surface area contributed by atoms with Crippen LogP contribution < -0.4 is 19.5 Å². The van der Waals surface area contributed by atoms with E-state index in [0.29, 0.717) is 20.5 Å². The molecule has 0 radical (unpaired) electrons. The Hall–Kier alpha value is -2.44. The number of hydrogen-bond donors (Lipinski definition) is 1. The molecular weight excluding hydrogens is 342 g/mol. The Labute approximate surface area is 146 Å². The SMILES string of the molecule is COc1ccc(C(=O)/C=c2\[nH]c(=O)/c(=C\c3sccc3C)s2)cc1. The van der Waals surface area contributed by atoms with E-state index in [1.165, 1.54) is 17.4 Å². The van der Waals surface area contributed by atoms with Gasteiger partial charge < -0.3 is 9.72 Å². The van der Waals surface area contributed by atoms with Crippen LogP contribution >= 0.6 is 22.7 Å². The van der Waals surface area contributed by atoms with Crippen LogP contribution in [-0.4, -0.2) is 17.9 Å². The van der Waals surface area contributed by atoms with Crippen LogP contribution in [0, 0.1) is 6.92 Å². The molecule has 0 aliphatic rings. The van der Waals surface area contributed by atoms with Gasteiger partial charge in [0.2, 0.25) is 0 Å². The Bertz CT molecular complexity index is 1040. The molecular formula is C18H15NO3S2. The maximum atomic E-state index is 12.3. The standard InChI is InChI=1S/C18H15NO3S2/c1-11-7-8-23-15(11)10-16-18(21)19-17(24-16)9-14(20)12-3-5-13(22-2)6-4-12/h3-10H,1-2H3,(H,19,21)/b16-10+,17-9+. The van der Waals surface area contributed by atoms with E-state index >= 15 is 0 Å². The number of thiophene rings is 1. The van der Waals surface area contributed by atoms with Crippen LogP contribution in [0.15, 0.2) is 40.5 Å². The number of aromatic nitrogens is 1. The van der Waals surface area contributed by atoms with Crippen LogP contribution in [-0.2, 0) is 0 Å². The van der Waals surface area contributed by atoms with E-state index in [-0.39, 0.29) is 11.3 Å². The number of ether oxygens (including phenoxy) is 1. The molecule has 0 unspecified atom stereocenters. The monoisotopic (exact) mass is 357 g/mol. The first-order chi connectivity index (χ1) is 11.6. The van der Waals surface area contributed by atoms with Gasteiger partial charge in [0.05, 0.1) is 16.3 Å². The van der Waals surface area contributed by atoms with E-state index < -0.39 is 0 Å². The fraction of sp³-hybridized carbons (Fsp3) is 0.111. The number of rotatable bonds is 4. The van der Waals surface area contributed by atoms with Gasteiger partial charge in [-0.25, -0.2) is 0 Å². The summed E-state index contributed by atoms with van der Waals surface area (Å²) >= 11 is 2.86. The van der Waals surface area contributed by atoms with Crippen molar-refractivity contribution in [2.75, 3.05) is 7.11 Å². The smallest absolute Gasteiger partial charge is 0.266 e. The summed E-state index contributed by atoms with van der Waals surface area (Å²) in [6, 6.07) is 8.88. The topological polar surface area (TPSA) is 59.2 Å². The quantitative estimate of drug-likeness (QED) is 0.729. The first-order valence-electron chi connectivity index (χ1n) is 7.22. The molecule has 24 heavy (non-hydrogen) atoms. The third-order valence-electron chi connectivity index (χ3n) is 3.48. The van der Waals surface area contributed by atoms with E-state index in [2.05, 4.69) is 4.98 Å². The van der Waals surface area contributed by atoms with E-state index in [0.717, 1.165) is 10.4 Å². The predicted octanol–water partition coefficient (Wildman–Crippen LogP) is 2.31. The lowest BCUT2D eigenvalue weighted by Gasteiger charge is -1.99. The molecule has 3 aromatic rings. The van der Waals surface area contributed by atoms with Gasteiger partial charge in [0.25, 0.3) is 5.56 Å². The molecule has 1 N–H and O–H groups in total. The number of thiazole rings is 1. The number of nitrogens with one attached hydrogen (secondary N) is 1. The molecule has 6 heteroatoms. The van der Waals surface area contributed by atoms with Gasteiger partial charge in [0, 0.05) is 16.5 Å². The average Bonchev–Trinajstić information content (AvgIpc) is 3.14. The number of aromatic amines is 1. The van der Waals surface area contributed by atoms with Gasteiger partial charge in [-0.05, 0) is 54.3 Å². The Morgan fingerprint density at radius 2 is 1.96 bits per heavy atom. The summed E-state index contributed by atoms with van der Waals surface area (Å²) in [5.74, 6) is 0.535. The summed E-state index contributed by atoms with van der Waals surface area (Å²) in [6.45, 7) is 2.00. The molecule has 0 spiro atoms. The fourth-order valence-corrected chi connectivity index (χ4v) is 3.93. The number of aryl methyl sites for hydroxylation is 1. The van der Waals surface area contributed by atoms with Crippen molar-refractivity contribution in [2.24, 2.45) is 0 Å². The molecule has 0 saturated heterocycles. The van der Waals surface area contributed by atoms with Crippen LogP contribution in [0.1, 0.15) is 20.8 Å². The van der Waals surface area contributed by atoms with Crippen molar-refractivity contribution in [3.05, 3.63) is 71.3 Å². The summed E-state index contributed by atoms with van der Waals surface area (Å²) in [5, 5.41) is 1.99. The largest absolute Gasteiger partial charge is 0.497 e. The van der Waals surface area contributed by atoms with Crippen molar-refractivity contribution in [3.8, 4) is 5.75 Å². The minimum Gasteiger partial charge on any atom is -0.497 e. The minimum absolute atomic E-state index is 0.158. The van der Waals surface area contributed by atoms with Crippen molar-refractivity contribution in [2.45, 2.75) is 6.92 Å². The van der Waals surface area contributed by atoms with Crippen LogP contribution in [0.4, 0.5) is 0 Å². The van der Waals surface area contributed by atoms with E-state index in [4.69, 9.17) is 4.74 Å². The highest BCUT2D eigenvalue weighted by Crippen LogP contribution is 2.15. The van der Waals surface area contributed by atoms with E-state index in [1.807, 2.05) is 24.4 Å². The van der Waals surface area contributed by atoms with Crippen LogP contribution in [0.3, 0.4) is 0 Å². The lowest BCUT2D eigenvalue weighted by molar-refractivity contribution is 0.106. The van der Waals surface area contributed by atoms with Crippen LogP contribution in [0.5, 0.6) is 5.75 Å². The molecule has 2 aromatic heterocycles.